The molecule has 0 aromatic heterocycles. The Kier molecular flexibility index (Phi) is 3.83. The van der Waals surface area contributed by atoms with E-state index in [1.807, 2.05) is 0 Å². The molecule has 0 aromatic carbocycles. The molecule has 3 heteroatoms. The molecule has 0 radical (unpaired) electrons. The van der Waals surface area contributed by atoms with Crippen molar-refractivity contribution in [2.24, 2.45) is 11.7 Å². The van der Waals surface area contributed by atoms with Crippen LogP contribution in [0, 0.1) is 5.92 Å². The van der Waals surface area contributed by atoms with Gasteiger partial charge in [0.2, 0.25) is 0 Å². The summed E-state index contributed by atoms with van der Waals surface area (Å²) >= 11 is 0. The van der Waals surface area contributed by atoms with E-state index in [1.165, 1.54) is 0 Å². The normalized spacial score (nSPS) is 23.5. The van der Waals surface area contributed by atoms with E-state index in [0.717, 1.165) is 32.5 Å². The largest absolute Gasteiger partial charge is 0.395 e. The summed E-state index contributed by atoms with van der Waals surface area (Å²) in [4.78, 5) is 0. The maximum absolute atomic E-state index is 8.71. The molecule has 0 aliphatic carbocycles. The van der Waals surface area contributed by atoms with Crippen LogP contribution in [-0.4, -0.2) is 31.0 Å². The van der Waals surface area contributed by atoms with Crippen LogP contribution in [0.2, 0.25) is 0 Å². The highest BCUT2D eigenvalue weighted by Gasteiger charge is 2.16. The van der Waals surface area contributed by atoms with E-state index in [1.54, 1.807) is 0 Å². The molecule has 1 rings (SSSR count). The second-order valence-electron chi connectivity index (χ2n) is 3.23. The van der Waals surface area contributed by atoms with E-state index in [9.17, 15) is 0 Å². The summed E-state index contributed by atoms with van der Waals surface area (Å²) in [6.07, 6.45) is 3.15. The van der Waals surface area contributed by atoms with Crippen molar-refractivity contribution >= 4 is 0 Å². The molecule has 1 aliphatic heterocycles. The molecule has 0 bridgehead atoms. The van der Waals surface area contributed by atoms with Crippen molar-refractivity contribution in [1.29, 1.82) is 0 Å². The quantitative estimate of drug-likeness (QED) is 0.615. The van der Waals surface area contributed by atoms with E-state index in [4.69, 9.17) is 15.6 Å². The zero-order valence-electron chi connectivity index (χ0n) is 6.83. The molecule has 1 heterocycles. The van der Waals surface area contributed by atoms with Gasteiger partial charge in [0.15, 0.2) is 0 Å². The third kappa shape index (κ3) is 3.18. The van der Waals surface area contributed by atoms with Crippen molar-refractivity contribution in [2.75, 3.05) is 19.8 Å². The van der Waals surface area contributed by atoms with Crippen LogP contribution in [0.5, 0.6) is 0 Å². The first kappa shape index (κ1) is 8.97. The molecule has 1 atom stereocenters. The highest BCUT2D eigenvalue weighted by Crippen LogP contribution is 2.19. The van der Waals surface area contributed by atoms with Crippen molar-refractivity contribution in [3.63, 3.8) is 0 Å². The van der Waals surface area contributed by atoms with Crippen LogP contribution < -0.4 is 5.73 Å². The monoisotopic (exact) mass is 159 g/mol. The highest BCUT2D eigenvalue weighted by atomic mass is 16.5. The van der Waals surface area contributed by atoms with Crippen LogP contribution in [-0.2, 0) is 4.74 Å². The molecule has 1 aliphatic rings. The molecule has 3 nitrogen and oxygen atoms in total. The predicted octanol–water partition coefficient (Wildman–Crippen LogP) is 0.123. The van der Waals surface area contributed by atoms with E-state index in [2.05, 4.69) is 0 Å². The first-order chi connectivity index (χ1) is 5.33. The van der Waals surface area contributed by atoms with Gasteiger partial charge in [-0.3, -0.25) is 0 Å². The van der Waals surface area contributed by atoms with Gasteiger partial charge in [-0.25, -0.2) is 0 Å². The van der Waals surface area contributed by atoms with Gasteiger partial charge in [-0.05, 0) is 25.2 Å². The minimum Gasteiger partial charge on any atom is -0.395 e. The summed E-state index contributed by atoms with van der Waals surface area (Å²) < 4.78 is 5.21. The Morgan fingerprint density at radius 3 is 2.64 bits per heavy atom. The third-order valence-electron chi connectivity index (χ3n) is 2.21. The number of ether oxygens (including phenoxy) is 1. The zero-order chi connectivity index (χ0) is 8.10. The molecule has 11 heavy (non-hydrogen) atoms. The second kappa shape index (κ2) is 4.70. The fraction of sp³-hybridized carbons (Fsp3) is 1.00. The molecule has 0 saturated carbocycles. The van der Waals surface area contributed by atoms with Crippen LogP contribution in [0.25, 0.3) is 0 Å². The molecule has 1 saturated heterocycles. The van der Waals surface area contributed by atoms with E-state index in [-0.39, 0.29) is 12.6 Å². The predicted molar refractivity (Wildman–Crippen MR) is 43.2 cm³/mol. The maximum atomic E-state index is 8.71. The summed E-state index contributed by atoms with van der Waals surface area (Å²) in [5.74, 6) is 0.672. The molecule has 1 fully saturated rings. The van der Waals surface area contributed by atoms with Gasteiger partial charge in [-0.1, -0.05) is 0 Å². The van der Waals surface area contributed by atoms with Crippen molar-refractivity contribution < 1.29 is 9.84 Å². The van der Waals surface area contributed by atoms with Gasteiger partial charge < -0.3 is 15.6 Å². The molecular weight excluding hydrogens is 142 g/mol. The molecule has 0 spiro atoms. The Hall–Kier alpha value is -0.120. The number of nitrogens with two attached hydrogens (primary N) is 1. The van der Waals surface area contributed by atoms with E-state index >= 15 is 0 Å². The van der Waals surface area contributed by atoms with E-state index < -0.39 is 0 Å². The Morgan fingerprint density at radius 1 is 1.45 bits per heavy atom. The van der Waals surface area contributed by atoms with Gasteiger partial charge in [0.1, 0.15) is 0 Å². The van der Waals surface area contributed by atoms with Crippen molar-refractivity contribution in [2.45, 2.75) is 25.3 Å². The Labute approximate surface area is 67.5 Å². The van der Waals surface area contributed by atoms with Crippen molar-refractivity contribution in [3.8, 4) is 0 Å². The maximum Gasteiger partial charge on any atom is 0.0582 e. The van der Waals surface area contributed by atoms with Crippen LogP contribution >= 0.6 is 0 Å². The van der Waals surface area contributed by atoms with Crippen molar-refractivity contribution in [1.82, 2.24) is 0 Å². The zero-order valence-corrected chi connectivity index (χ0v) is 6.83. The lowest BCUT2D eigenvalue weighted by Crippen LogP contribution is -2.29. The van der Waals surface area contributed by atoms with Gasteiger partial charge >= 0.3 is 0 Å². The van der Waals surface area contributed by atoms with Crippen LogP contribution in [0.15, 0.2) is 0 Å². The molecule has 3 N–H and O–H groups in total. The lowest BCUT2D eigenvalue weighted by Gasteiger charge is -2.23. The smallest absolute Gasteiger partial charge is 0.0582 e. The summed E-state index contributed by atoms with van der Waals surface area (Å²) in [6.45, 7) is 1.84. The standard InChI is InChI=1S/C8H17NO2/c9-8(6-10)5-7-1-3-11-4-2-7/h7-8,10H,1-6,9H2/t8-/m1/s1. The average Bonchev–Trinajstić information content (AvgIpc) is 2.06. The van der Waals surface area contributed by atoms with Gasteiger partial charge in [-0.15, -0.1) is 0 Å². The number of aliphatic hydroxyl groups excluding tert-OH is 1. The SMILES string of the molecule is N[C@@H](CO)CC1CCOCC1. The first-order valence-corrected chi connectivity index (χ1v) is 4.27. The van der Waals surface area contributed by atoms with Crippen LogP contribution in [0.4, 0.5) is 0 Å². The van der Waals surface area contributed by atoms with Crippen molar-refractivity contribution in [3.05, 3.63) is 0 Å². The Bertz CT molecular complexity index is 102. The second-order valence-corrected chi connectivity index (χ2v) is 3.23. The van der Waals surface area contributed by atoms with E-state index in [0.29, 0.717) is 5.92 Å². The highest BCUT2D eigenvalue weighted by molar-refractivity contribution is 4.69. The minimum atomic E-state index is -0.0295. The number of hydrogen-bond acceptors (Lipinski definition) is 3. The summed E-state index contributed by atoms with van der Waals surface area (Å²) in [6, 6.07) is -0.0295. The van der Waals surface area contributed by atoms with Gasteiger partial charge in [0, 0.05) is 19.3 Å². The molecule has 0 aromatic rings. The number of hydrogen-bond donors (Lipinski definition) is 2. The van der Waals surface area contributed by atoms with Gasteiger partial charge in [-0.2, -0.15) is 0 Å². The summed E-state index contributed by atoms with van der Waals surface area (Å²) in [7, 11) is 0. The summed E-state index contributed by atoms with van der Waals surface area (Å²) in [5.41, 5.74) is 5.61. The molecule has 0 amide bonds. The number of aliphatic hydroxyl groups is 1. The molecule has 0 unspecified atom stereocenters. The average molecular weight is 159 g/mol. The third-order valence-corrected chi connectivity index (χ3v) is 2.21. The van der Waals surface area contributed by atoms with Gasteiger partial charge in [0.25, 0.3) is 0 Å². The summed E-state index contributed by atoms with van der Waals surface area (Å²) in [5, 5.41) is 8.71. The molecule has 66 valence electrons. The Balaban J connectivity index is 2.13. The van der Waals surface area contributed by atoms with Gasteiger partial charge in [0.05, 0.1) is 6.61 Å². The topological polar surface area (TPSA) is 55.5 Å². The van der Waals surface area contributed by atoms with Crippen LogP contribution in [0.1, 0.15) is 19.3 Å². The fourth-order valence-corrected chi connectivity index (χ4v) is 1.48. The lowest BCUT2D eigenvalue weighted by molar-refractivity contribution is 0.0595. The number of rotatable bonds is 3. The fourth-order valence-electron chi connectivity index (χ4n) is 1.48. The Morgan fingerprint density at radius 2 is 2.09 bits per heavy atom. The minimum absolute atomic E-state index is 0.0295. The first-order valence-electron chi connectivity index (χ1n) is 4.27. The van der Waals surface area contributed by atoms with Crippen LogP contribution in [0.3, 0.4) is 0 Å². The lowest BCUT2D eigenvalue weighted by atomic mass is 9.93. The molecular formula is C8H17NO2.